The van der Waals surface area contributed by atoms with Gasteiger partial charge in [-0.05, 0) is 17.9 Å². The van der Waals surface area contributed by atoms with Crippen molar-refractivity contribution in [2.24, 2.45) is 0 Å². The number of rotatable bonds is 5. The lowest BCUT2D eigenvalue weighted by molar-refractivity contribution is -0.614. The molecule has 0 N–H and O–H groups in total. The van der Waals surface area contributed by atoms with Crippen molar-refractivity contribution in [2.75, 3.05) is 13.7 Å². The van der Waals surface area contributed by atoms with E-state index in [0.29, 0.717) is 24.0 Å². The molecular weight excluding hydrogens is 226 g/mol. The van der Waals surface area contributed by atoms with Crippen molar-refractivity contribution < 1.29 is 9.47 Å². The molecule has 90 valence electrons. The van der Waals surface area contributed by atoms with E-state index in [1.165, 1.54) is 6.20 Å². The summed E-state index contributed by atoms with van der Waals surface area (Å²) in [6, 6.07) is 1.90. The number of ether oxygens (including phenoxy) is 1. The molecule has 0 saturated carbocycles. The third kappa shape index (κ3) is 3.35. The number of methoxy groups -OCH3 is 1. The van der Waals surface area contributed by atoms with Gasteiger partial charge in [-0.1, -0.05) is 25.4 Å². The quantitative estimate of drug-likeness (QED) is 0.453. The number of aryl methyl sites for hydroxylation is 1. The van der Waals surface area contributed by atoms with Crippen molar-refractivity contribution in [3.05, 3.63) is 33.8 Å². The fourth-order valence-electron chi connectivity index (χ4n) is 1.59. The van der Waals surface area contributed by atoms with Crippen LogP contribution in [0.1, 0.15) is 37.4 Å². The SMILES string of the molecule is COCCCc1cc(C(C)C)c(Cl)c[n+]1[O-]. The molecule has 0 aromatic carbocycles. The van der Waals surface area contributed by atoms with Gasteiger partial charge in [0.15, 0.2) is 11.9 Å². The van der Waals surface area contributed by atoms with E-state index in [9.17, 15) is 5.21 Å². The summed E-state index contributed by atoms with van der Waals surface area (Å²) in [6.07, 6.45) is 3.01. The molecule has 0 saturated heterocycles. The van der Waals surface area contributed by atoms with Crippen LogP contribution in [0.4, 0.5) is 0 Å². The van der Waals surface area contributed by atoms with Gasteiger partial charge in [0, 0.05) is 26.2 Å². The van der Waals surface area contributed by atoms with Crippen molar-refractivity contribution >= 4 is 11.6 Å². The fraction of sp³-hybridized carbons (Fsp3) is 0.583. The van der Waals surface area contributed by atoms with Crippen molar-refractivity contribution in [2.45, 2.75) is 32.6 Å². The molecule has 1 rings (SSSR count). The summed E-state index contributed by atoms with van der Waals surface area (Å²) >= 11 is 6.01. The number of hydrogen-bond donors (Lipinski definition) is 0. The molecule has 0 fully saturated rings. The van der Waals surface area contributed by atoms with E-state index in [1.54, 1.807) is 7.11 Å². The summed E-state index contributed by atoms with van der Waals surface area (Å²) in [5.41, 5.74) is 1.78. The second kappa shape index (κ2) is 6.06. The maximum absolute atomic E-state index is 11.6. The Morgan fingerprint density at radius 2 is 2.19 bits per heavy atom. The Morgan fingerprint density at radius 1 is 1.50 bits per heavy atom. The highest BCUT2D eigenvalue weighted by Crippen LogP contribution is 2.23. The van der Waals surface area contributed by atoms with Crippen molar-refractivity contribution in [3.8, 4) is 0 Å². The maximum atomic E-state index is 11.6. The van der Waals surface area contributed by atoms with Gasteiger partial charge in [-0.15, -0.1) is 0 Å². The van der Waals surface area contributed by atoms with Crippen LogP contribution in [0, 0.1) is 5.21 Å². The van der Waals surface area contributed by atoms with E-state index in [4.69, 9.17) is 16.3 Å². The van der Waals surface area contributed by atoms with Crippen LogP contribution in [0.2, 0.25) is 5.02 Å². The van der Waals surface area contributed by atoms with Crippen LogP contribution in [-0.4, -0.2) is 13.7 Å². The number of hydrogen-bond acceptors (Lipinski definition) is 2. The number of aromatic nitrogens is 1. The van der Waals surface area contributed by atoms with Crippen LogP contribution in [0.5, 0.6) is 0 Å². The Balaban J connectivity index is 2.87. The second-order valence-corrected chi connectivity index (χ2v) is 4.55. The Kier molecular flexibility index (Phi) is 5.03. The van der Waals surface area contributed by atoms with Gasteiger partial charge in [0.25, 0.3) is 0 Å². The minimum atomic E-state index is 0.329. The van der Waals surface area contributed by atoms with E-state index >= 15 is 0 Å². The number of halogens is 1. The monoisotopic (exact) mass is 243 g/mol. The lowest BCUT2D eigenvalue weighted by Crippen LogP contribution is -2.32. The van der Waals surface area contributed by atoms with Gasteiger partial charge in [0.2, 0.25) is 0 Å². The van der Waals surface area contributed by atoms with Gasteiger partial charge in [-0.3, -0.25) is 0 Å². The Hall–Kier alpha value is -0.800. The molecule has 0 radical (unpaired) electrons. The molecule has 16 heavy (non-hydrogen) atoms. The molecule has 4 heteroatoms. The summed E-state index contributed by atoms with van der Waals surface area (Å²) in [6.45, 7) is 4.80. The van der Waals surface area contributed by atoms with Gasteiger partial charge in [-0.2, -0.15) is 4.73 Å². The molecule has 0 unspecified atom stereocenters. The molecule has 0 amide bonds. The highest BCUT2D eigenvalue weighted by Gasteiger charge is 2.13. The molecule has 0 aliphatic carbocycles. The smallest absolute Gasteiger partial charge is 0.199 e. The van der Waals surface area contributed by atoms with Gasteiger partial charge in [0.1, 0.15) is 5.02 Å². The van der Waals surface area contributed by atoms with Crippen molar-refractivity contribution in [1.82, 2.24) is 0 Å². The first-order chi connectivity index (χ1) is 7.56. The highest BCUT2D eigenvalue weighted by atomic mass is 35.5. The molecule has 0 atom stereocenters. The summed E-state index contributed by atoms with van der Waals surface area (Å²) in [4.78, 5) is 0. The van der Waals surface area contributed by atoms with Crippen LogP contribution >= 0.6 is 11.6 Å². The minimum Gasteiger partial charge on any atom is -0.618 e. The Labute approximate surface area is 102 Å². The summed E-state index contributed by atoms with van der Waals surface area (Å²) in [5, 5.41) is 12.1. The van der Waals surface area contributed by atoms with E-state index in [1.807, 2.05) is 6.07 Å². The van der Waals surface area contributed by atoms with E-state index in [2.05, 4.69) is 13.8 Å². The van der Waals surface area contributed by atoms with Gasteiger partial charge in [0.05, 0.1) is 0 Å². The van der Waals surface area contributed by atoms with Gasteiger partial charge in [-0.25, -0.2) is 0 Å². The first-order valence-corrected chi connectivity index (χ1v) is 5.84. The molecule has 0 bridgehead atoms. The fourth-order valence-corrected chi connectivity index (χ4v) is 1.96. The van der Waals surface area contributed by atoms with E-state index < -0.39 is 0 Å². The van der Waals surface area contributed by atoms with Gasteiger partial charge >= 0.3 is 0 Å². The average molecular weight is 244 g/mol. The Bertz CT molecular complexity index is 353. The first-order valence-electron chi connectivity index (χ1n) is 5.46. The largest absolute Gasteiger partial charge is 0.618 e. The molecule has 1 aromatic heterocycles. The topological polar surface area (TPSA) is 36.2 Å². The molecule has 0 aliphatic rings. The molecule has 3 nitrogen and oxygen atoms in total. The second-order valence-electron chi connectivity index (χ2n) is 4.14. The minimum absolute atomic E-state index is 0.329. The standard InChI is InChI=1S/C12H18ClNO2/c1-9(2)11-7-10(5-4-6-16-3)14(15)8-12(11)13/h7-9H,4-6H2,1-3H3. The first kappa shape index (κ1) is 13.3. The molecule has 0 spiro atoms. The summed E-state index contributed by atoms with van der Waals surface area (Å²) in [5.74, 6) is 0.329. The number of pyridine rings is 1. The average Bonchev–Trinajstić information content (AvgIpc) is 2.21. The van der Waals surface area contributed by atoms with Crippen LogP contribution < -0.4 is 4.73 Å². The van der Waals surface area contributed by atoms with Crippen molar-refractivity contribution in [3.63, 3.8) is 0 Å². The van der Waals surface area contributed by atoms with Crippen LogP contribution in [0.15, 0.2) is 12.3 Å². The Morgan fingerprint density at radius 3 is 2.75 bits per heavy atom. The predicted molar refractivity (Wildman–Crippen MR) is 64.7 cm³/mol. The normalized spacial score (nSPS) is 11.1. The zero-order chi connectivity index (χ0) is 12.1. The zero-order valence-corrected chi connectivity index (χ0v) is 10.8. The summed E-state index contributed by atoms with van der Waals surface area (Å²) < 4.78 is 5.82. The lowest BCUT2D eigenvalue weighted by Gasteiger charge is -2.11. The molecule has 1 aromatic rings. The number of nitrogens with zero attached hydrogens (tertiary/aromatic N) is 1. The third-order valence-electron chi connectivity index (χ3n) is 2.51. The van der Waals surface area contributed by atoms with Crippen LogP contribution in [0.25, 0.3) is 0 Å². The predicted octanol–water partition coefficient (Wildman–Crippen LogP) is 2.68. The van der Waals surface area contributed by atoms with E-state index in [-0.39, 0.29) is 0 Å². The van der Waals surface area contributed by atoms with Gasteiger partial charge < -0.3 is 9.94 Å². The zero-order valence-electron chi connectivity index (χ0n) is 10.00. The maximum Gasteiger partial charge on any atom is 0.199 e. The summed E-state index contributed by atoms with van der Waals surface area (Å²) in [7, 11) is 1.66. The van der Waals surface area contributed by atoms with Crippen LogP contribution in [-0.2, 0) is 11.2 Å². The lowest BCUT2D eigenvalue weighted by atomic mass is 10.0. The molecular formula is C12H18ClNO2. The highest BCUT2D eigenvalue weighted by molar-refractivity contribution is 6.31. The third-order valence-corrected chi connectivity index (χ3v) is 2.83. The molecule has 1 heterocycles. The van der Waals surface area contributed by atoms with Crippen LogP contribution in [0.3, 0.4) is 0 Å². The van der Waals surface area contributed by atoms with Crippen molar-refractivity contribution in [1.29, 1.82) is 0 Å². The molecule has 0 aliphatic heterocycles. The van der Waals surface area contributed by atoms with E-state index in [0.717, 1.165) is 22.4 Å².